The number of benzene rings is 3. The van der Waals surface area contributed by atoms with E-state index in [9.17, 15) is 9.59 Å². The molecule has 0 saturated carbocycles. The normalized spacial score (nSPS) is 15.3. The predicted octanol–water partition coefficient (Wildman–Crippen LogP) is 5.38. The molecule has 0 bridgehead atoms. The standard InChI is InChI=1S/C36H41N5O2/c1-27-9-4-6-11-32(27)28-13-15-29(16-14-28)35(42)41-26-31-17-18-34(40(31)25-30-10-5-7-12-33(30)41)36(43)39-23-21-38(22-24-39)20-8-19-37(2)3/h4-7,9-18H,8,19-26H2,1-3H3. The predicted molar refractivity (Wildman–Crippen MR) is 173 cm³/mol. The number of hydrogen-bond donors (Lipinski definition) is 0. The summed E-state index contributed by atoms with van der Waals surface area (Å²) < 4.78 is 2.11. The molecule has 2 amide bonds. The van der Waals surface area contributed by atoms with E-state index in [0.29, 0.717) is 24.3 Å². The Labute approximate surface area is 254 Å². The molecule has 1 aromatic heterocycles. The fourth-order valence-electron chi connectivity index (χ4n) is 6.32. The first-order valence-corrected chi connectivity index (χ1v) is 15.3. The minimum atomic E-state index is -0.0447. The number of hydrogen-bond acceptors (Lipinski definition) is 4. The summed E-state index contributed by atoms with van der Waals surface area (Å²) in [5, 5.41) is 0. The third kappa shape index (κ3) is 6.14. The Hall–Kier alpha value is -4.20. The monoisotopic (exact) mass is 575 g/mol. The topological polar surface area (TPSA) is 52.0 Å². The first kappa shape index (κ1) is 28.9. The maximum atomic E-state index is 14.0. The van der Waals surface area contributed by atoms with Gasteiger partial charge in [0.15, 0.2) is 0 Å². The summed E-state index contributed by atoms with van der Waals surface area (Å²) in [4.78, 5) is 36.3. The Morgan fingerprint density at radius 2 is 1.49 bits per heavy atom. The zero-order valence-electron chi connectivity index (χ0n) is 25.5. The van der Waals surface area contributed by atoms with E-state index in [0.717, 1.165) is 68.2 Å². The number of fused-ring (bicyclic) bond motifs is 2. The molecule has 0 aliphatic carbocycles. The van der Waals surface area contributed by atoms with Gasteiger partial charge in [-0.3, -0.25) is 14.5 Å². The molecule has 6 rings (SSSR count). The highest BCUT2D eigenvalue weighted by Crippen LogP contribution is 2.31. The molecule has 0 N–H and O–H groups in total. The molecule has 2 aliphatic rings. The van der Waals surface area contributed by atoms with Gasteiger partial charge in [-0.15, -0.1) is 0 Å². The Kier molecular flexibility index (Phi) is 8.45. The number of nitrogens with zero attached hydrogens (tertiary/aromatic N) is 5. The molecular formula is C36H41N5O2. The average Bonchev–Trinajstić information content (AvgIpc) is 3.33. The number of amides is 2. The molecule has 222 valence electrons. The van der Waals surface area contributed by atoms with Gasteiger partial charge < -0.3 is 19.3 Å². The van der Waals surface area contributed by atoms with Crippen molar-refractivity contribution in [2.45, 2.75) is 26.4 Å². The highest BCUT2D eigenvalue weighted by atomic mass is 16.2. The van der Waals surface area contributed by atoms with E-state index >= 15 is 0 Å². The second kappa shape index (κ2) is 12.6. The van der Waals surface area contributed by atoms with Crippen molar-refractivity contribution < 1.29 is 9.59 Å². The number of anilines is 1. The van der Waals surface area contributed by atoms with Crippen LogP contribution in [-0.4, -0.2) is 84.4 Å². The number of aromatic nitrogens is 1. The minimum absolute atomic E-state index is 0.0447. The molecule has 3 heterocycles. The first-order valence-electron chi connectivity index (χ1n) is 15.3. The molecule has 2 aliphatic heterocycles. The van der Waals surface area contributed by atoms with Crippen LogP contribution in [0.2, 0.25) is 0 Å². The van der Waals surface area contributed by atoms with Gasteiger partial charge in [0.2, 0.25) is 0 Å². The van der Waals surface area contributed by atoms with Crippen molar-refractivity contribution in [1.29, 1.82) is 0 Å². The van der Waals surface area contributed by atoms with Crippen molar-refractivity contribution in [2.24, 2.45) is 0 Å². The van der Waals surface area contributed by atoms with Gasteiger partial charge in [0, 0.05) is 43.1 Å². The minimum Gasteiger partial charge on any atom is -0.335 e. The number of para-hydroxylation sites is 1. The van der Waals surface area contributed by atoms with Gasteiger partial charge in [0.1, 0.15) is 5.69 Å². The van der Waals surface area contributed by atoms with E-state index in [2.05, 4.69) is 53.6 Å². The van der Waals surface area contributed by atoms with Crippen molar-refractivity contribution in [3.63, 3.8) is 0 Å². The third-order valence-corrected chi connectivity index (χ3v) is 8.79. The Bertz CT molecular complexity index is 1600. The lowest BCUT2D eigenvalue weighted by Gasteiger charge is -2.35. The summed E-state index contributed by atoms with van der Waals surface area (Å²) in [6.07, 6.45) is 1.14. The van der Waals surface area contributed by atoms with Crippen molar-refractivity contribution >= 4 is 17.5 Å². The fraction of sp³-hybridized carbons (Fsp3) is 0.333. The van der Waals surface area contributed by atoms with Crippen LogP contribution in [0.4, 0.5) is 5.69 Å². The average molecular weight is 576 g/mol. The van der Waals surface area contributed by atoms with Crippen LogP contribution in [0.5, 0.6) is 0 Å². The van der Waals surface area contributed by atoms with Gasteiger partial charge in [-0.2, -0.15) is 0 Å². The van der Waals surface area contributed by atoms with Crippen LogP contribution in [0.3, 0.4) is 0 Å². The zero-order chi connectivity index (χ0) is 29.9. The van der Waals surface area contributed by atoms with E-state index in [1.54, 1.807) is 0 Å². The van der Waals surface area contributed by atoms with Crippen LogP contribution in [0.25, 0.3) is 11.1 Å². The van der Waals surface area contributed by atoms with E-state index < -0.39 is 0 Å². The van der Waals surface area contributed by atoms with Crippen LogP contribution >= 0.6 is 0 Å². The number of carbonyl (C=O) groups excluding carboxylic acids is 2. The van der Waals surface area contributed by atoms with Gasteiger partial charge >= 0.3 is 0 Å². The summed E-state index contributed by atoms with van der Waals surface area (Å²) in [6.45, 7) is 8.49. The van der Waals surface area contributed by atoms with Crippen LogP contribution in [0.15, 0.2) is 84.9 Å². The summed E-state index contributed by atoms with van der Waals surface area (Å²) in [5.41, 5.74) is 7.70. The summed E-state index contributed by atoms with van der Waals surface area (Å²) in [7, 11) is 4.21. The Morgan fingerprint density at radius 3 is 2.23 bits per heavy atom. The largest absolute Gasteiger partial charge is 0.335 e. The van der Waals surface area contributed by atoms with E-state index in [1.807, 2.05) is 76.5 Å². The molecule has 1 fully saturated rings. The van der Waals surface area contributed by atoms with Gasteiger partial charge in [-0.25, -0.2) is 0 Å². The molecule has 4 aromatic rings. The van der Waals surface area contributed by atoms with E-state index in [4.69, 9.17) is 0 Å². The number of rotatable bonds is 7. The quantitative estimate of drug-likeness (QED) is 0.297. The lowest BCUT2D eigenvalue weighted by molar-refractivity contribution is 0.0623. The fourth-order valence-corrected chi connectivity index (χ4v) is 6.32. The molecule has 0 unspecified atom stereocenters. The molecular weight excluding hydrogens is 534 g/mol. The summed E-state index contributed by atoms with van der Waals surface area (Å²) in [6, 6.07) is 28.2. The summed E-state index contributed by atoms with van der Waals surface area (Å²) in [5.74, 6) is 0.0277. The SMILES string of the molecule is Cc1ccccc1-c1ccc(C(=O)N2Cc3ccc(C(=O)N4CCN(CCCN(C)C)CC4)n3Cc3ccccc32)cc1. The summed E-state index contributed by atoms with van der Waals surface area (Å²) >= 11 is 0. The highest BCUT2D eigenvalue weighted by Gasteiger charge is 2.30. The van der Waals surface area contributed by atoms with Gasteiger partial charge in [-0.05, 0) is 93.1 Å². The van der Waals surface area contributed by atoms with Crippen LogP contribution in [-0.2, 0) is 13.1 Å². The van der Waals surface area contributed by atoms with Crippen molar-refractivity contribution in [3.05, 3.63) is 113 Å². The third-order valence-electron chi connectivity index (χ3n) is 8.79. The van der Waals surface area contributed by atoms with Crippen LogP contribution < -0.4 is 4.90 Å². The van der Waals surface area contributed by atoms with Crippen molar-refractivity contribution in [3.8, 4) is 11.1 Å². The zero-order valence-corrected chi connectivity index (χ0v) is 25.5. The van der Waals surface area contributed by atoms with E-state index in [1.165, 1.54) is 11.1 Å². The Balaban J connectivity index is 1.21. The first-order chi connectivity index (χ1) is 20.9. The smallest absolute Gasteiger partial charge is 0.270 e. The molecule has 43 heavy (non-hydrogen) atoms. The Morgan fingerprint density at radius 1 is 0.767 bits per heavy atom. The highest BCUT2D eigenvalue weighted by molar-refractivity contribution is 6.07. The maximum Gasteiger partial charge on any atom is 0.270 e. The van der Waals surface area contributed by atoms with E-state index in [-0.39, 0.29) is 11.8 Å². The molecule has 7 nitrogen and oxygen atoms in total. The second-order valence-electron chi connectivity index (χ2n) is 12.0. The number of piperazine rings is 1. The maximum absolute atomic E-state index is 14.0. The lowest BCUT2D eigenvalue weighted by Crippen LogP contribution is -2.49. The molecule has 7 heteroatoms. The van der Waals surface area contributed by atoms with Crippen LogP contribution in [0, 0.1) is 6.92 Å². The number of aryl methyl sites for hydroxylation is 1. The van der Waals surface area contributed by atoms with Crippen molar-refractivity contribution in [1.82, 2.24) is 19.3 Å². The molecule has 3 aromatic carbocycles. The van der Waals surface area contributed by atoms with Crippen molar-refractivity contribution in [2.75, 3.05) is 58.3 Å². The van der Waals surface area contributed by atoms with Gasteiger partial charge in [-0.1, -0.05) is 54.6 Å². The molecule has 1 saturated heterocycles. The van der Waals surface area contributed by atoms with Gasteiger partial charge in [0.25, 0.3) is 11.8 Å². The molecule has 0 radical (unpaired) electrons. The van der Waals surface area contributed by atoms with Gasteiger partial charge in [0.05, 0.1) is 13.1 Å². The number of carbonyl (C=O) groups is 2. The van der Waals surface area contributed by atoms with Crippen LogP contribution in [0.1, 0.15) is 44.1 Å². The molecule has 0 atom stereocenters. The molecule has 0 spiro atoms. The lowest BCUT2D eigenvalue weighted by atomic mass is 9.99. The second-order valence-corrected chi connectivity index (χ2v) is 12.0.